The number of hydrogen-bond acceptors (Lipinski definition) is 5. The highest BCUT2D eigenvalue weighted by Crippen LogP contribution is 2.26. The van der Waals surface area contributed by atoms with Gasteiger partial charge in [-0.25, -0.2) is 4.98 Å². The number of benzene rings is 2. The van der Waals surface area contributed by atoms with Gasteiger partial charge in [-0.15, -0.1) is 11.3 Å². The summed E-state index contributed by atoms with van der Waals surface area (Å²) in [5.74, 6) is 0. The molecule has 0 unspecified atom stereocenters. The molecule has 2 aromatic carbocycles. The zero-order chi connectivity index (χ0) is 17.8. The van der Waals surface area contributed by atoms with Gasteiger partial charge in [-0.1, -0.05) is 41.5 Å². The Morgan fingerprint density at radius 2 is 1.80 bits per heavy atom. The molecule has 0 bridgehead atoms. The van der Waals surface area contributed by atoms with E-state index in [0.717, 1.165) is 16.9 Å². The first kappa shape index (κ1) is 16.9. The summed E-state index contributed by atoms with van der Waals surface area (Å²) in [5, 5.41) is 16.2. The van der Waals surface area contributed by atoms with Gasteiger partial charge in [0, 0.05) is 10.9 Å². The lowest BCUT2D eigenvalue weighted by atomic mass is 10.0. The Hall–Kier alpha value is -2.97. The molecule has 0 aliphatic heterocycles. The van der Waals surface area contributed by atoms with Crippen LogP contribution in [0.5, 0.6) is 0 Å². The summed E-state index contributed by atoms with van der Waals surface area (Å²) >= 11 is 1.42. The molecule has 0 aliphatic carbocycles. The van der Waals surface area contributed by atoms with Crippen molar-refractivity contribution in [2.24, 2.45) is 5.10 Å². The Balaban J connectivity index is 1.85. The highest BCUT2D eigenvalue weighted by atomic mass is 32.1. The van der Waals surface area contributed by atoms with Crippen molar-refractivity contribution in [1.29, 1.82) is 5.26 Å². The Morgan fingerprint density at radius 3 is 2.48 bits per heavy atom. The maximum absolute atomic E-state index is 9.42. The summed E-state index contributed by atoms with van der Waals surface area (Å²) in [6.45, 7) is 6.16. The van der Waals surface area contributed by atoms with E-state index in [9.17, 15) is 5.26 Å². The Labute approximate surface area is 151 Å². The monoisotopic (exact) mass is 346 g/mol. The highest BCUT2D eigenvalue weighted by Gasteiger charge is 2.12. The third-order valence-electron chi connectivity index (χ3n) is 3.82. The lowest BCUT2D eigenvalue weighted by molar-refractivity contribution is 1.29. The molecule has 1 aromatic heterocycles. The van der Waals surface area contributed by atoms with Crippen molar-refractivity contribution in [2.75, 3.05) is 5.43 Å². The van der Waals surface area contributed by atoms with Gasteiger partial charge >= 0.3 is 0 Å². The van der Waals surface area contributed by atoms with Gasteiger partial charge in [-0.05, 0) is 38.5 Å². The number of rotatable bonds is 4. The van der Waals surface area contributed by atoms with Crippen molar-refractivity contribution in [3.05, 3.63) is 69.5 Å². The molecule has 0 aliphatic rings. The number of nitrogens with one attached hydrogen (secondary N) is 1. The molecule has 3 rings (SSSR count). The lowest BCUT2D eigenvalue weighted by Crippen LogP contribution is -2.01. The number of nitrogens with zero attached hydrogens (tertiary/aromatic N) is 3. The van der Waals surface area contributed by atoms with E-state index < -0.39 is 0 Å². The molecule has 0 saturated carbocycles. The zero-order valence-electron chi connectivity index (χ0n) is 14.4. The second-order valence-electron chi connectivity index (χ2n) is 5.91. The minimum absolute atomic E-state index is 0.279. The largest absolute Gasteiger partial charge is 0.277 e. The first-order chi connectivity index (χ1) is 12.1. The van der Waals surface area contributed by atoms with Crippen LogP contribution in [-0.4, -0.2) is 10.7 Å². The normalized spacial score (nSPS) is 11.2. The smallest absolute Gasteiger partial charge is 0.196 e. The third-order valence-corrected chi connectivity index (χ3v) is 4.67. The summed E-state index contributed by atoms with van der Waals surface area (Å²) in [4.78, 5) is 4.59. The van der Waals surface area contributed by atoms with Gasteiger partial charge in [0.2, 0.25) is 0 Å². The van der Waals surface area contributed by atoms with Crippen molar-refractivity contribution >= 4 is 22.7 Å². The van der Waals surface area contributed by atoms with Crippen LogP contribution >= 0.6 is 11.3 Å². The predicted octanol–water partition coefficient (Wildman–Crippen LogP) is 5.08. The summed E-state index contributed by atoms with van der Waals surface area (Å²) in [5.41, 5.74) is 9.56. The van der Waals surface area contributed by atoms with Gasteiger partial charge in [0.05, 0.1) is 11.4 Å². The number of anilines is 1. The van der Waals surface area contributed by atoms with Crippen LogP contribution in [0.4, 0.5) is 5.69 Å². The average molecular weight is 346 g/mol. The van der Waals surface area contributed by atoms with Crippen molar-refractivity contribution in [2.45, 2.75) is 20.8 Å². The third kappa shape index (κ3) is 3.93. The van der Waals surface area contributed by atoms with E-state index >= 15 is 0 Å². The standard InChI is InChI=1S/C20H18N4S/c1-13-4-7-16(8-5-13)23-24-18(11-21)20-22-19(12-25-20)17-9-6-14(2)10-15(17)3/h4-10,12,23H,1-3H3. The van der Waals surface area contributed by atoms with Crippen LogP contribution in [0, 0.1) is 32.1 Å². The molecule has 1 heterocycles. The summed E-state index contributed by atoms with van der Waals surface area (Å²) in [6, 6.07) is 16.2. The van der Waals surface area contributed by atoms with Gasteiger partial charge in [-0.3, -0.25) is 5.43 Å². The zero-order valence-corrected chi connectivity index (χ0v) is 15.2. The van der Waals surface area contributed by atoms with E-state index in [1.54, 1.807) is 0 Å². The van der Waals surface area contributed by atoms with Crippen molar-refractivity contribution in [1.82, 2.24) is 4.98 Å². The number of hydrogen-bond donors (Lipinski definition) is 1. The number of thiazole rings is 1. The molecule has 4 nitrogen and oxygen atoms in total. The predicted molar refractivity (Wildman–Crippen MR) is 104 cm³/mol. The number of hydrazone groups is 1. The van der Waals surface area contributed by atoms with Gasteiger partial charge in [0.25, 0.3) is 0 Å². The molecule has 25 heavy (non-hydrogen) atoms. The number of aryl methyl sites for hydroxylation is 3. The van der Waals surface area contributed by atoms with Crippen LogP contribution in [0.1, 0.15) is 21.7 Å². The van der Waals surface area contributed by atoms with Gasteiger partial charge in [0.15, 0.2) is 10.7 Å². The molecule has 0 atom stereocenters. The van der Waals surface area contributed by atoms with E-state index in [2.05, 4.69) is 53.6 Å². The second kappa shape index (κ2) is 7.29. The van der Waals surface area contributed by atoms with Crippen molar-refractivity contribution in [3.63, 3.8) is 0 Å². The van der Waals surface area contributed by atoms with Crippen LogP contribution in [0.2, 0.25) is 0 Å². The molecule has 0 amide bonds. The molecule has 124 valence electrons. The SMILES string of the molecule is Cc1ccc(NN=C(C#N)c2nc(-c3ccc(C)cc3C)cs2)cc1. The molecule has 0 fully saturated rings. The first-order valence-electron chi connectivity index (χ1n) is 7.91. The number of aromatic nitrogens is 1. The fourth-order valence-electron chi connectivity index (χ4n) is 2.48. The molecule has 3 aromatic rings. The van der Waals surface area contributed by atoms with Crippen molar-refractivity contribution < 1.29 is 0 Å². The maximum atomic E-state index is 9.42. The van der Waals surface area contributed by atoms with Crippen LogP contribution in [0.3, 0.4) is 0 Å². The fourth-order valence-corrected chi connectivity index (χ4v) is 3.23. The van der Waals surface area contributed by atoms with Gasteiger partial charge < -0.3 is 0 Å². The van der Waals surface area contributed by atoms with E-state index in [4.69, 9.17) is 0 Å². The molecule has 5 heteroatoms. The minimum atomic E-state index is 0.279. The summed E-state index contributed by atoms with van der Waals surface area (Å²) < 4.78 is 0. The lowest BCUT2D eigenvalue weighted by Gasteiger charge is -2.03. The van der Waals surface area contributed by atoms with Crippen LogP contribution in [-0.2, 0) is 0 Å². The maximum Gasteiger partial charge on any atom is 0.196 e. The Bertz CT molecular complexity index is 962. The average Bonchev–Trinajstić information content (AvgIpc) is 3.06. The van der Waals surface area contributed by atoms with E-state index in [1.807, 2.05) is 36.6 Å². The van der Waals surface area contributed by atoms with Crippen LogP contribution in [0.15, 0.2) is 52.9 Å². The van der Waals surface area contributed by atoms with E-state index in [-0.39, 0.29) is 5.71 Å². The van der Waals surface area contributed by atoms with Gasteiger partial charge in [-0.2, -0.15) is 10.4 Å². The molecule has 0 spiro atoms. The van der Waals surface area contributed by atoms with E-state index in [1.165, 1.54) is 28.0 Å². The summed E-state index contributed by atoms with van der Waals surface area (Å²) in [7, 11) is 0. The Morgan fingerprint density at radius 1 is 1.08 bits per heavy atom. The topological polar surface area (TPSA) is 61.1 Å². The quantitative estimate of drug-likeness (QED) is 0.529. The number of nitriles is 1. The first-order valence-corrected chi connectivity index (χ1v) is 8.79. The summed E-state index contributed by atoms with van der Waals surface area (Å²) in [6.07, 6.45) is 0. The molecule has 0 radical (unpaired) electrons. The van der Waals surface area contributed by atoms with E-state index in [0.29, 0.717) is 5.01 Å². The second-order valence-corrected chi connectivity index (χ2v) is 6.76. The molecule has 1 N–H and O–H groups in total. The molecule has 0 saturated heterocycles. The Kier molecular flexibility index (Phi) is 4.92. The highest BCUT2D eigenvalue weighted by molar-refractivity contribution is 7.12. The van der Waals surface area contributed by atoms with Crippen LogP contribution in [0.25, 0.3) is 11.3 Å². The fraction of sp³-hybridized carbons (Fsp3) is 0.150. The molecular weight excluding hydrogens is 328 g/mol. The van der Waals surface area contributed by atoms with Crippen LogP contribution < -0.4 is 5.43 Å². The molecular formula is C20H18N4S. The van der Waals surface area contributed by atoms with Gasteiger partial charge in [0.1, 0.15) is 6.07 Å². The van der Waals surface area contributed by atoms with Crippen molar-refractivity contribution in [3.8, 4) is 17.3 Å². The minimum Gasteiger partial charge on any atom is -0.277 e.